The van der Waals surface area contributed by atoms with E-state index in [1.807, 2.05) is 13.5 Å². The van der Waals surface area contributed by atoms with Crippen molar-refractivity contribution in [1.82, 2.24) is 0 Å². The summed E-state index contributed by atoms with van der Waals surface area (Å²) in [5.74, 6) is -1.40. The Morgan fingerprint density at radius 1 is 1.21 bits per heavy atom. The Labute approximate surface area is 119 Å². The SMILES string of the molecule is CCC[Si]1(C)C(F)O[SiH](F)[SiH](F)[SiH]1C1CCCCC1. The monoisotopic (exact) mass is 342 g/mol. The zero-order valence-electron chi connectivity index (χ0n) is 11.9. The Kier molecular flexibility index (Phi) is 5.55. The summed E-state index contributed by atoms with van der Waals surface area (Å²) in [4.78, 5) is 0. The molecule has 5 atom stereocenters. The van der Waals surface area contributed by atoms with Crippen LogP contribution in [0, 0.1) is 0 Å². The first-order valence-electron chi connectivity index (χ1n) is 7.58. The summed E-state index contributed by atoms with van der Waals surface area (Å²) in [6.07, 6.45) is 6.48. The molecule has 19 heavy (non-hydrogen) atoms. The lowest BCUT2D eigenvalue weighted by atomic mass is 10.0. The third-order valence-corrected chi connectivity index (χ3v) is 45.9. The average molecular weight is 343 g/mol. The first-order chi connectivity index (χ1) is 9.00. The smallest absolute Gasteiger partial charge is 0.367 e. The third-order valence-electron chi connectivity index (χ3n) is 5.07. The Hall–Kier alpha value is 0.618. The molecule has 112 valence electrons. The van der Waals surface area contributed by atoms with Gasteiger partial charge in [0.25, 0.3) is 8.17 Å². The molecule has 0 radical (unpaired) electrons. The summed E-state index contributed by atoms with van der Waals surface area (Å²) in [6, 6.07) is 0.802. The van der Waals surface area contributed by atoms with Crippen LogP contribution in [0.2, 0.25) is 18.1 Å². The molecule has 2 rings (SSSR count). The fourth-order valence-corrected chi connectivity index (χ4v) is 58.8. The molecule has 2 fully saturated rings. The number of rotatable bonds is 3. The molecule has 1 saturated heterocycles. The summed E-state index contributed by atoms with van der Waals surface area (Å²) in [6.45, 7) is 4.03. The summed E-state index contributed by atoms with van der Waals surface area (Å²) < 4.78 is 47.7. The molecule has 1 nitrogen and oxygen atoms in total. The first-order valence-corrected chi connectivity index (χ1v) is 19.5. The predicted octanol–water partition coefficient (Wildman–Crippen LogP) is 3.02. The van der Waals surface area contributed by atoms with Gasteiger partial charge in [-0.15, -0.1) is 0 Å². The highest BCUT2D eigenvalue weighted by Crippen LogP contribution is 2.42. The summed E-state index contributed by atoms with van der Waals surface area (Å²) in [7, 11) is -10.3. The molecule has 0 aromatic carbocycles. The van der Waals surface area contributed by atoms with Crippen LogP contribution in [0.15, 0.2) is 0 Å². The van der Waals surface area contributed by atoms with Crippen molar-refractivity contribution >= 4 is 32.5 Å². The van der Waals surface area contributed by atoms with Crippen LogP contribution in [-0.4, -0.2) is 38.5 Å². The van der Waals surface area contributed by atoms with Gasteiger partial charge >= 0.3 is 8.89 Å². The van der Waals surface area contributed by atoms with E-state index >= 15 is 0 Å². The van der Waals surface area contributed by atoms with Crippen molar-refractivity contribution in [3.63, 3.8) is 0 Å². The zero-order chi connectivity index (χ0) is 14.0. The van der Waals surface area contributed by atoms with E-state index in [-0.39, 0.29) is 0 Å². The number of hydrogen-bond acceptors (Lipinski definition) is 1. The topological polar surface area (TPSA) is 9.23 Å². The van der Waals surface area contributed by atoms with Crippen molar-refractivity contribution in [2.24, 2.45) is 0 Å². The van der Waals surface area contributed by atoms with Crippen LogP contribution in [-0.2, 0) is 4.43 Å². The Morgan fingerprint density at radius 2 is 1.84 bits per heavy atom. The van der Waals surface area contributed by atoms with Gasteiger partial charge in [0.05, 0.1) is 7.83 Å². The van der Waals surface area contributed by atoms with Crippen LogP contribution in [0.1, 0.15) is 45.4 Å². The minimum absolute atomic E-state index is 0.395. The molecule has 0 bridgehead atoms. The maximum absolute atomic E-state index is 14.6. The van der Waals surface area contributed by atoms with Crippen LogP contribution in [0.4, 0.5) is 12.6 Å². The Bertz CT molecular complexity index is 306. The lowest BCUT2D eigenvalue weighted by molar-refractivity contribution is 0.125. The van der Waals surface area contributed by atoms with Gasteiger partial charge in [-0.25, -0.2) is 4.39 Å². The van der Waals surface area contributed by atoms with Crippen LogP contribution in [0.3, 0.4) is 0 Å². The van der Waals surface area contributed by atoms with Gasteiger partial charge in [-0.05, 0) is 5.54 Å². The molecule has 1 saturated carbocycles. The minimum Gasteiger partial charge on any atom is -0.367 e. The summed E-state index contributed by atoms with van der Waals surface area (Å²) >= 11 is 0. The second-order valence-electron chi connectivity index (χ2n) is 6.43. The molecule has 0 aromatic heterocycles. The van der Waals surface area contributed by atoms with Gasteiger partial charge in [-0.1, -0.05) is 58.0 Å². The molecule has 0 N–H and O–H groups in total. The standard InChI is InChI=1S/C11H25F3OSi4/c1-3-9-19(2)11(12)15-17(13)18(14)16(19)10-7-5-4-6-8-10/h10-11,16-18H,3-9H2,1-2H3. The molecular weight excluding hydrogens is 317 g/mol. The Morgan fingerprint density at radius 3 is 2.42 bits per heavy atom. The quantitative estimate of drug-likeness (QED) is 0.566. The van der Waals surface area contributed by atoms with E-state index in [2.05, 4.69) is 0 Å². The molecule has 0 amide bonds. The molecule has 0 aromatic rings. The van der Waals surface area contributed by atoms with E-state index in [4.69, 9.17) is 4.43 Å². The van der Waals surface area contributed by atoms with Gasteiger partial charge < -0.3 is 8.53 Å². The molecular formula is C11H25F3OSi4. The van der Waals surface area contributed by atoms with E-state index < -0.39 is 38.5 Å². The second kappa shape index (κ2) is 6.59. The molecule has 8 heteroatoms. The third kappa shape index (κ3) is 3.12. The van der Waals surface area contributed by atoms with Crippen LogP contribution >= 0.6 is 0 Å². The Balaban J connectivity index is 2.24. The maximum atomic E-state index is 14.6. The van der Waals surface area contributed by atoms with Crippen molar-refractivity contribution < 1.29 is 17.0 Å². The van der Waals surface area contributed by atoms with Crippen molar-refractivity contribution in [1.29, 1.82) is 0 Å². The van der Waals surface area contributed by atoms with Gasteiger partial charge in [0.2, 0.25) is 0 Å². The maximum Gasteiger partial charge on any atom is 0.380 e. The van der Waals surface area contributed by atoms with E-state index in [0.717, 1.165) is 38.1 Å². The van der Waals surface area contributed by atoms with Gasteiger partial charge in [0, 0.05) is 0 Å². The predicted molar refractivity (Wildman–Crippen MR) is 83.2 cm³/mol. The van der Waals surface area contributed by atoms with E-state index in [1.54, 1.807) is 0 Å². The van der Waals surface area contributed by atoms with Crippen LogP contribution < -0.4 is 0 Å². The summed E-state index contributed by atoms with van der Waals surface area (Å²) in [5, 5.41) is 0. The molecule has 5 unspecified atom stereocenters. The van der Waals surface area contributed by atoms with Gasteiger partial charge in [-0.3, -0.25) is 4.11 Å². The number of hydrogen-bond donors (Lipinski definition) is 0. The van der Waals surface area contributed by atoms with Crippen molar-refractivity contribution in [2.45, 2.75) is 69.6 Å². The van der Waals surface area contributed by atoms with E-state index in [0.29, 0.717) is 5.54 Å². The summed E-state index contributed by atoms with van der Waals surface area (Å²) in [5.41, 5.74) is 0.395. The second-order valence-corrected chi connectivity index (χ2v) is 32.1. The van der Waals surface area contributed by atoms with E-state index in [9.17, 15) is 12.6 Å². The fourth-order valence-electron chi connectivity index (χ4n) is 4.13. The number of alkyl halides is 1. The zero-order valence-corrected chi connectivity index (χ0v) is 16.3. The van der Waals surface area contributed by atoms with Crippen molar-refractivity contribution in [2.75, 3.05) is 0 Å². The largest absolute Gasteiger partial charge is 0.380 e. The highest BCUT2D eigenvalue weighted by Gasteiger charge is 2.61. The molecule has 1 heterocycles. The minimum atomic E-state index is -3.29. The van der Waals surface area contributed by atoms with Crippen LogP contribution in [0.5, 0.6) is 0 Å². The normalized spacial score (nSPS) is 45.3. The highest BCUT2D eigenvalue weighted by molar-refractivity contribution is 7.67. The average Bonchev–Trinajstić information content (AvgIpc) is 2.38. The van der Waals surface area contributed by atoms with Crippen molar-refractivity contribution in [3.05, 3.63) is 0 Å². The lowest BCUT2D eigenvalue weighted by Gasteiger charge is -2.47. The first kappa shape index (κ1) is 16.0. The van der Waals surface area contributed by atoms with Gasteiger partial charge in [0.1, 0.15) is 7.59 Å². The van der Waals surface area contributed by atoms with Gasteiger partial charge in [0.15, 0.2) is 5.98 Å². The molecule has 1 aliphatic carbocycles. The van der Waals surface area contributed by atoms with Crippen LogP contribution in [0.25, 0.3) is 0 Å². The number of halogens is 3. The van der Waals surface area contributed by atoms with E-state index in [1.165, 1.54) is 6.42 Å². The lowest BCUT2D eigenvalue weighted by Crippen LogP contribution is -2.73. The molecule has 0 spiro atoms. The van der Waals surface area contributed by atoms with Crippen molar-refractivity contribution in [3.8, 4) is 0 Å². The molecule has 2 aliphatic rings. The molecule has 1 aliphatic heterocycles. The fraction of sp³-hybridized carbons (Fsp3) is 1.00. The van der Waals surface area contributed by atoms with Gasteiger partial charge in [-0.2, -0.15) is 0 Å². The highest BCUT2D eigenvalue weighted by atomic mass is 29.8.